The largest absolute Gasteiger partial charge is 0.507 e. The number of rotatable bonds is 3. The molecular weight excluding hydrogens is 424 g/mol. The number of phenolic OH excluding ortho intramolecular Hbond substituents is 1. The molecule has 1 aromatic heterocycles. The number of aromatic hydroxyl groups is 1. The molecule has 1 fully saturated rings. The maximum absolute atomic E-state index is 11.9. The van der Waals surface area contributed by atoms with Gasteiger partial charge >= 0.3 is 0 Å². The van der Waals surface area contributed by atoms with Gasteiger partial charge in [0.15, 0.2) is 0 Å². The molecule has 0 spiro atoms. The fourth-order valence-electron chi connectivity index (χ4n) is 4.89. The predicted molar refractivity (Wildman–Crippen MR) is 127 cm³/mol. The number of fused-ring (bicyclic) bond motifs is 2. The summed E-state index contributed by atoms with van der Waals surface area (Å²) in [6, 6.07) is 7.67. The summed E-state index contributed by atoms with van der Waals surface area (Å²) < 4.78 is 0. The Morgan fingerprint density at radius 3 is 2.66 bits per heavy atom. The van der Waals surface area contributed by atoms with Crippen LogP contribution < -0.4 is 4.90 Å². The number of carbonyl (C=O) groups is 1. The van der Waals surface area contributed by atoms with Crippen LogP contribution in [0.1, 0.15) is 24.0 Å². The predicted octanol–water partition coefficient (Wildman–Crippen LogP) is 4.37. The van der Waals surface area contributed by atoms with E-state index in [9.17, 15) is 9.90 Å². The maximum Gasteiger partial charge on any atom is 0.246 e. The first kappa shape index (κ1) is 20.8. The number of anilines is 1. The Bertz CT molecular complexity index is 1220. The van der Waals surface area contributed by atoms with Crippen LogP contribution in [0.25, 0.3) is 22.0 Å². The molecule has 3 aromatic rings. The monoisotopic (exact) mass is 448 g/mol. The first-order valence-electron chi connectivity index (χ1n) is 11.0. The lowest BCUT2D eigenvalue weighted by Gasteiger charge is -2.35. The average molecular weight is 449 g/mol. The third-order valence-corrected chi connectivity index (χ3v) is 6.86. The van der Waals surface area contributed by atoms with Gasteiger partial charge in [-0.05, 0) is 61.1 Å². The highest BCUT2D eigenvalue weighted by molar-refractivity contribution is 6.34. The van der Waals surface area contributed by atoms with Crippen molar-refractivity contribution in [2.24, 2.45) is 0 Å². The zero-order valence-corrected chi connectivity index (χ0v) is 18.6. The molecule has 0 unspecified atom stereocenters. The number of aromatic nitrogens is 2. The standard InChI is InChI=1S/C25H25ClN4O2/c1-2-23(32)29-9-11-30(12-10-29)25-19-13-20(26)18(14-21(19)27-15-28-25)24-17-6-4-3-5-16(17)7-8-22(24)31/h2,7-8,13-15,31H,1,3-6,9-12H2. The molecule has 1 saturated heterocycles. The second kappa shape index (κ2) is 8.43. The summed E-state index contributed by atoms with van der Waals surface area (Å²) in [5, 5.41) is 12.2. The molecule has 2 aliphatic rings. The van der Waals surface area contributed by atoms with Gasteiger partial charge in [0.05, 0.1) is 5.52 Å². The normalized spacial score (nSPS) is 16.2. The summed E-state index contributed by atoms with van der Waals surface area (Å²) in [6.45, 7) is 6.16. The molecule has 1 amide bonds. The Kier molecular flexibility index (Phi) is 5.47. The number of halogens is 1. The smallest absolute Gasteiger partial charge is 0.246 e. The Labute approximate surface area is 192 Å². The van der Waals surface area contributed by atoms with Crippen molar-refractivity contribution in [3.63, 3.8) is 0 Å². The number of aryl methyl sites for hydroxylation is 1. The van der Waals surface area contributed by atoms with Crippen LogP contribution >= 0.6 is 11.6 Å². The molecule has 7 heteroatoms. The first-order valence-corrected chi connectivity index (χ1v) is 11.4. The van der Waals surface area contributed by atoms with Crippen molar-refractivity contribution in [3.05, 3.63) is 59.4 Å². The van der Waals surface area contributed by atoms with Gasteiger partial charge in [0.2, 0.25) is 5.91 Å². The second-order valence-corrected chi connectivity index (χ2v) is 8.77. The van der Waals surface area contributed by atoms with Crippen LogP contribution in [0.15, 0.2) is 43.2 Å². The highest BCUT2D eigenvalue weighted by atomic mass is 35.5. The van der Waals surface area contributed by atoms with E-state index in [4.69, 9.17) is 11.6 Å². The van der Waals surface area contributed by atoms with E-state index in [1.807, 2.05) is 18.2 Å². The number of phenols is 1. The molecule has 0 saturated carbocycles. The van der Waals surface area contributed by atoms with Crippen LogP contribution in [0.3, 0.4) is 0 Å². The second-order valence-electron chi connectivity index (χ2n) is 8.37. The molecule has 0 radical (unpaired) electrons. The van der Waals surface area contributed by atoms with Crippen LogP contribution in [0, 0.1) is 0 Å². The fourth-order valence-corrected chi connectivity index (χ4v) is 5.15. The van der Waals surface area contributed by atoms with Gasteiger partial charge in [-0.1, -0.05) is 24.2 Å². The molecule has 32 heavy (non-hydrogen) atoms. The van der Waals surface area contributed by atoms with Crippen molar-refractivity contribution in [1.82, 2.24) is 14.9 Å². The molecule has 0 bridgehead atoms. The lowest BCUT2D eigenvalue weighted by Crippen LogP contribution is -2.48. The van der Waals surface area contributed by atoms with Gasteiger partial charge in [-0.25, -0.2) is 9.97 Å². The van der Waals surface area contributed by atoms with Crippen molar-refractivity contribution >= 4 is 34.2 Å². The van der Waals surface area contributed by atoms with Gasteiger partial charge in [0.1, 0.15) is 17.9 Å². The van der Waals surface area contributed by atoms with E-state index < -0.39 is 0 Å². The highest BCUT2D eigenvalue weighted by Gasteiger charge is 2.24. The van der Waals surface area contributed by atoms with Crippen LogP contribution in [0.5, 0.6) is 5.75 Å². The van der Waals surface area contributed by atoms with E-state index in [0.29, 0.717) is 31.2 Å². The van der Waals surface area contributed by atoms with Gasteiger partial charge in [0.25, 0.3) is 0 Å². The fraction of sp³-hybridized carbons (Fsp3) is 0.320. The minimum atomic E-state index is -0.0455. The summed E-state index contributed by atoms with van der Waals surface area (Å²) in [5.41, 5.74) is 4.89. The highest BCUT2D eigenvalue weighted by Crippen LogP contribution is 2.43. The number of nitrogens with zero attached hydrogens (tertiary/aromatic N) is 4. The maximum atomic E-state index is 11.9. The Morgan fingerprint density at radius 2 is 1.88 bits per heavy atom. The third-order valence-electron chi connectivity index (χ3n) is 6.55. The van der Waals surface area contributed by atoms with E-state index in [1.54, 1.807) is 17.3 Å². The van der Waals surface area contributed by atoms with Crippen molar-refractivity contribution in [3.8, 4) is 16.9 Å². The molecule has 6 nitrogen and oxygen atoms in total. The summed E-state index contributed by atoms with van der Waals surface area (Å²) in [4.78, 5) is 24.9. The van der Waals surface area contributed by atoms with Gasteiger partial charge in [-0.15, -0.1) is 0 Å². The van der Waals surface area contributed by atoms with Crippen LogP contribution in [-0.4, -0.2) is 52.1 Å². The SMILES string of the molecule is C=CC(=O)N1CCN(c2ncnc3cc(-c4c(O)ccc5c4CCCC5)c(Cl)cc23)CC1. The molecule has 1 N–H and O–H groups in total. The quantitative estimate of drug-likeness (QED) is 0.602. The number of hydrogen-bond donors (Lipinski definition) is 1. The lowest BCUT2D eigenvalue weighted by molar-refractivity contribution is -0.126. The molecule has 1 aliphatic carbocycles. The minimum absolute atomic E-state index is 0.0455. The number of hydrogen-bond acceptors (Lipinski definition) is 5. The molecule has 2 aromatic carbocycles. The Hall–Kier alpha value is -3.12. The van der Waals surface area contributed by atoms with Crippen molar-refractivity contribution in [1.29, 1.82) is 0 Å². The number of carbonyl (C=O) groups excluding carboxylic acids is 1. The molecule has 2 heterocycles. The van der Waals surface area contributed by atoms with E-state index >= 15 is 0 Å². The van der Waals surface area contributed by atoms with Crippen molar-refractivity contribution in [2.75, 3.05) is 31.1 Å². The van der Waals surface area contributed by atoms with E-state index in [-0.39, 0.29) is 11.7 Å². The summed E-state index contributed by atoms with van der Waals surface area (Å²) in [6.07, 6.45) is 7.18. The zero-order chi connectivity index (χ0) is 22.2. The Morgan fingerprint density at radius 1 is 1.09 bits per heavy atom. The van der Waals surface area contributed by atoms with Gasteiger partial charge < -0.3 is 14.9 Å². The topological polar surface area (TPSA) is 69.6 Å². The number of piperazine rings is 1. The van der Waals surface area contributed by atoms with Crippen LogP contribution in [0.2, 0.25) is 5.02 Å². The Balaban J connectivity index is 1.55. The van der Waals surface area contributed by atoms with Crippen LogP contribution in [-0.2, 0) is 17.6 Å². The molecule has 1 aliphatic heterocycles. The van der Waals surface area contributed by atoms with Crippen molar-refractivity contribution in [2.45, 2.75) is 25.7 Å². The summed E-state index contributed by atoms with van der Waals surface area (Å²) >= 11 is 6.80. The first-order chi connectivity index (χ1) is 15.6. The van der Waals surface area contributed by atoms with E-state index in [0.717, 1.165) is 47.1 Å². The number of amides is 1. The van der Waals surface area contributed by atoms with E-state index in [2.05, 4.69) is 21.4 Å². The molecule has 5 rings (SSSR count). The molecule has 164 valence electrons. The third kappa shape index (κ3) is 3.58. The summed E-state index contributed by atoms with van der Waals surface area (Å²) in [5.74, 6) is 1.02. The number of benzene rings is 2. The summed E-state index contributed by atoms with van der Waals surface area (Å²) in [7, 11) is 0. The minimum Gasteiger partial charge on any atom is -0.507 e. The van der Waals surface area contributed by atoms with Crippen LogP contribution in [0.4, 0.5) is 5.82 Å². The lowest BCUT2D eigenvalue weighted by atomic mass is 9.85. The van der Waals surface area contributed by atoms with Gasteiger partial charge in [0, 0.05) is 47.7 Å². The van der Waals surface area contributed by atoms with Gasteiger partial charge in [-0.3, -0.25) is 4.79 Å². The molecule has 0 atom stereocenters. The molecular formula is C25H25ClN4O2. The zero-order valence-electron chi connectivity index (χ0n) is 17.9. The van der Waals surface area contributed by atoms with Gasteiger partial charge in [-0.2, -0.15) is 0 Å². The van der Waals surface area contributed by atoms with E-state index in [1.165, 1.54) is 23.6 Å². The average Bonchev–Trinajstić information content (AvgIpc) is 2.83. The van der Waals surface area contributed by atoms with Crippen molar-refractivity contribution < 1.29 is 9.90 Å².